The lowest BCUT2D eigenvalue weighted by molar-refractivity contribution is -0.0504. The van der Waals surface area contributed by atoms with E-state index in [4.69, 9.17) is 11.6 Å². The minimum Gasteiger partial charge on any atom is -0.434 e. The predicted molar refractivity (Wildman–Crippen MR) is 91.0 cm³/mol. The molecule has 1 N–H and O–H groups in total. The summed E-state index contributed by atoms with van der Waals surface area (Å²) in [4.78, 5) is 12.6. The van der Waals surface area contributed by atoms with E-state index in [9.17, 15) is 18.0 Å². The predicted octanol–water partition coefficient (Wildman–Crippen LogP) is 5.23. The van der Waals surface area contributed by atoms with Gasteiger partial charge in [-0.2, -0.15) is 8.78 Å². The Morgan fingerprint density at radius 2 is 2.00 bits per heavy atom. The molecule has 8 heteroatoms. The number of amides is 1. The molecular formula is C17H11ClF3NO2S. The van der Waals surface area contributed by atoms with Crippen LogP contribution in [0.25, 0.3) is 10.1 Å². The first-order chi connectivity index (χ1) is 12.0. The third-order valence-corrected chi connectivity index (χ3v) is 5.08. The van der Waals surface area contributed by atoms with Crippen molar-refractivity contribution < 1.29 is 22.7 Å². The Morgan fingerprint density at radius 1 is 1.24 bits per heavy atom. The molecule has 0 bridgehead atoms. The number of ether oxygens (including phenoxy) is 1. The van der Waals surface area contributed by atoms with Crippen molar-refractivity contribution in [1.29, 1.82) is 0 Å². The smallest absolute Gasteiger partial charge is 0.387 e. The first kappa shape index (κ1) is 17.6. The molecule has 0 aliphatic heterocycles. The van der Waals surface area contributed by atoms with Crippen LogP contribution in [-0.4, -0.2) is 12.5 Å². The lowest BCUT2D eigenvalue weighted by Gasteiger charge is -2.11. The van der Waals surface area contributed by atoms with Crippen LogP contribution in [0.15, 0.2) is 42.5 Å². The largest absolute Gasteiger partial charge is 0.434 e. The Hall–Kier alpha value is -2.25. The van der Waals surface area contributed by atoms with Crippen molar-refractivity contribution in [3.8, 4) is 5.75 Å². The lowest BCUT2D eigenvalue weighted by atomic mass is 10.2. The van der Waals surface area contributed by atoms with E-state index in [1.807, 2.05) is 0 Å². The van der Waals surface area contributed by atoms with Gasteiger partial charge in [-0.05, 0) is 24.3 Å². The number of alkyl halides is 2. The van der Waals surface area contributed by atoms with Gasteiger partial charge in [-0.3, -0.25) is 4.79 Å². The first-order valence-electron chi connectivity index (χ1n) is 7.14. The highest BCUT2D eigenvalue weighted by molar-refractivity contribution is 7.21. The Balaban J connectivity index is 1.79. The Kier molecular flexibility index (Phi) is 5.15. The van der Waals surface area contributed by atoms with Crippen LogP contribution >= 0.6 is 22.9 Å². The van der Waals surface area contributed by atoms with Crippen LogP contribution in [0.4, 0.5) is 13.2 Å². The summed E-state index contributed by atoms with van der Waals surface area (Å²) in [5.74, 6) is -0.906. The Morgan fingerprint density at radius 3 is 2.76 bits per heavy atom. The topological polar surface area (TPSA) is 38.3 Å². The molecule has 1 heterocycles. The van der Waals surface area contributed by atoms with E-state index in [0.717, 1.165) is 11.3 Å². The van der Waals surface area contributed by atoms with Gasteiger partial charge in [0.15, 0.2) is 0 Å². The van der Waals surface area contributed by atoms with E-state index < -0.39 is 18.3 Å². The van der Waals surface area contributed by atoms with Gasteiger partial charge in [0.1, 0.15) is 16.4 Å². The molecule has 3 rings (SSSR count). The molecule has 0 atom stereocenters. The van der Waals surface area contributed by atoms with Gasteiger partial charge >= 0.3 is 6.61 Å². The van der Waals surface area contributed by atoms with Crippen LogP contribution in [0.2, 0.25) is 5.02 Å². The average Bonchev–Trinajstić information content (AvgIpc) is 2.89. The molecule has 0 spiro atoms. The molecule has 1 amide bonds. The molecule has 25 heavy (non-hydrogen) atoms. The second-order valence-corrected chi connectivity index (χ2v) is 6.48. The zero-order chi connectivity index (χ0) is 18.0. The normalized spacial score (nSPS) is 11.1. The minimum atomic E-state index is -2.95. The number of para-hydroxylation sites is 1. The van der Waals surface area contributed by atoms with Gasteiger partial charge in [0.05, 0.1) is 5.02 Å². The summed E-state index contributed by atoms with van der Waals surface area (Å²) in [6.07, 6.45) is 0. The second kappa shape index (κ2) is 7.33. The number of thiophene rings is 1. The number of carbonyl (C=O) groups is 1. The van der Waals surface area contributed by atoms with E-state index in [-0.39, 0.29) is 22.2 Å². The quantitative estimate of drug-likeness (QED) is 0.653. The van der Waals surface area contributed by atoms with E-state index >= 15 is 0 Å². The highest BCUT2D eigenvalue weighted by atomic mass is 35.5. The fourth-order valence-corrected chi connectivity index (χ4v) is 3.76. The number of hydrogen-bond acceptors (Lipinski definition) is 3. The second-order valence-electron chi connectivity index (χ2n) is 5.05. The maximum absolute atomic E-state index is 13.3. The van der Waals surface area contributed by atoms with E-state index in [1.54, 1.807) is 18.2 Å². The number of benzene rings is 2. The number of nitrogens with one attached hydrogen (secondary N) is 1. The van der Waals surface area contributed by atoms with Crippen molar-refractivity contribution in [3.63, 3.8) is 0 Å². The number of halogens is 4. The first-order valence-corrected chi connectivity index (χ1v) is 8.33. The standard InChI is InChI=1S/C17H11ClF3NO2S/c18-14-11-6-5-10(19)7-13(11)25-15(14)16(23)22-8-9-3-1-2-4-12(9)24-17(20)21/h1-7,17H,8H2,(H,22,23). The Bertz CT molecular complexity index is 929. The van der Waals surface area contributed by atoms with Crippen LogP contribution in [0, 0.1) is 5.82 Å². The van der Waals surface area contributed by atoms with Crippen LogP contribution < -0.4 is 10.1 Å². The molecule has 3 aromatic rings. The fraction of sp³-hybridized carbons (Fsp3) is 0.118. The number of rotatable bonds is 5. The molecule has 1 aromatic heterocycles. The third-order valence-electron chi connectivity index (χ3n) is 3.43. The van der Waals surface area contributed by atoms with Gasteiger partial charge in [-0.25, -0.2) is 4.39 Å². The molecule has 0 aliphatic carbocycles. The summed E-state index contributed by atoms with van der Waals surface area (Å²) in [5, 5.41) is 3.43. The van der Waals surface area contributed by atoms with Crippen molar-refractivity contribution in [3.05, 3.63) is 63.7 Å². The maximum atomic E-state index is 13.3. The van der Waals surface area contributed by atoms with Gasteiger partial charge < -0.3 is 10.1 Å². The van der Waals surface area contributed by atoms with Crippen molar-refractivity contribution in [1.82, 2.24) is 5.32 Å². The number of fused-ring (bicyclic) bond motifs is 1. The summed E-state index contributed by atoms with van der Waals surface area (Å²) in [5.41, 5.74) is 0.402. The molecule has 3 nitrogen and oxygen atoms in total. The van der Waals surface area contributed by atoms with Crippen molar-refractivity contribution in [2.75, 3.05) is 0 Å². The molecular weight excluding hydrogens is 375 g/mol. The summed E-state index contributed by atoms with van der Waals surface area (Å²) < 4.78 is 43.1. The van der Waals surface area contributed by atoms with Crippen LogP contribution in [0.3, 0.4) is 0 Å². The molecule has 0 saturated heterocycles. The SMILES string of the molecule is O=C(NCc1ccccc1OC(F)F)c1sc2cc(F)ccc2c1Cl. The van der Waals surface area contributed by atoms with E-state index in [0.29, 0.717) is 15.6 Å². The highest BCUT2D eigenvalue weighted by Crippen LogP contribution is 2.35. The molecule has 0 aliphatic rings. The number of carbonyl (C=O) groups excluding carboxylic acids is 1. The van der Waals surface area contributed by atoms with Gasteiger partial charge in [-0.1, -0.05) is 29.8 Å². The van der Waals surface area contributed by atoms with Crippen LogP contribution in [0.1, 0.15) is 15.2 Å². The van der Waals surface area contributed by atoms with Gasteiger partial charge in [0, 0.05) is 22.2 Å². The molecule has 0 radical (unpaired) electrons. The monoisotopic (exact) mass is 385 g/mol. The highest BCUT2D eigenvalue weighted by Gasteiger charge is 2.18. The van der Waals surface area contributed by atoms with E-state index in [2.05, 4.69) is 10.1 Å². The summed E-state index contributed by atoms with van der Waals surface area (Å²) in [6.45, 7) is -2.97. The molecule has 0 saturated carbocycles. The fourth-order valence-electron chi connectivity index (χ4n) is 2.30. The minimum absolute atomic E-state index is 0.0118. The van der Waals surface area contributed by atoms with Gasteiger partial charge in [0.2, 0.25) is 0 Å². The van der Waals surface area contributed by atoms with Gasteiger partial charge in [-0.15, -0.1) is 11.3 Å². The van der Waals surface area contributed by atoms with Crippen LogP contribution in [0.5, 0.6) is 5.75 Å². The van der Waals surface area contributed by atoms with Gasteiger partial charge in [0.25, 0.3) is 5.91 Å². The zero-order valence-corrected chi connectivity index (χ0v) is 14.1. The summed E-state index contributed by atoms with van der Waals surface area (Å²) in [7, 11) is 0. The average molecular weight is 386 g/mol. The maximum Gasteiger partial charge on any atom is 0.387 e. The Labute approximate surface area is 150 Å². The van der Waals surface area contributed by atoms with Crippen molar-refractivity contribution >= 4 is 38.9 Å². The molecule has 0 unspecified atom stereocenters. The lowest BCUT2D eigenvalue weighted by Crippen LogP contribution is -2.22. The summed E-state index contributed by atoms with van der Waals surface area (Å²) >= 11 is 7.25. The van der Waals surface area contributed by atoms with E-state index in [1.165, 1.54) is 24.3 Å². The van der Waals surface area contributed by atoms with Crippen molar-refractivity contribution in [2.45, 2.75) is 13.2 Å². The number of hydrogen-bond donors (Lipinski definition) is 1. The van der Waals surface area contributed by atoms with Crippen molar-refractivity contribution in [2.24, 2.45) is 0 Å². The third kappa shape index (κ3) is 3.88. The molecule has 2 aromatic carbocycles. The van der Waals surface area contributed by atoms with Crippen LogP contribution in [-0.2, 0) is 6.54 Å². The molecule has 130 valence electrons. The zero-order valence-electron chi connectivity index (χ0n) is 12.6. The summed E-state index contributed by atoms with van der Waals surface area (Å²) in [6, 6.07) is 10.2. The molecule has 0 fully saturated rings.